The third-order valence-electron chi connectivity index (χ3n) is 7.72. The van der Waals surface area contributed by atoms with E-state index < -0.39 is 0 Å². The standard InChI is InChI=1S/C28H32BrN7O2/c1-19-2-4-23(5-3-19)36-27(32-28(37)24-16-31-35-17-21(29)15-30-26(24)18-35)14-25(33-36)20-6-10-34(11-7-20)22-8-12-38-13-9-22/h2-5,14-17,20,22H,6-13,18H2,1H3,(H,32,37). The highest BCUT2D eigenvalue weighted by molar-refractivity contribution is 9.12. The van der Waals surface area contributed by atoms with Crippen molar-refractivity contribution in [2.75, 3.05) is 38.2 Å². The normalized spacial score (nSPS) is 21.0. The van der Waals surface area contributed by atoms with Crippen molar-refractivity contribution in [2.24, 2.45) is 10.1 Å². The number of nitrogens with one attached hydrogen (secondary N) is 1. The molecule has 0 atom stereocenters. The van der Waals surface area contributed by atoms with E-state index in [-0.39, 0.29) is 5.91 Å². The number of hydrazone groups is 1. The van der Waals surface area contributed by atoms with Crippen molar-refractivity contribution in [3.63, 3.8) is 0 Å². The van der Waals surface area contributed by atoms with Gasteiger partial charge in [-0.2, -0.15) is 10.2 Å². The molecule has 0 spiro atoms. The molecular formula is C28H32BrN7O2. The number of hydrogen-bond donors (Lipinski definition) is 1. The number of aliphatic imine (C=N–C) groups is 1. The fourth-order valence-corrected chi connectivity index (χ4v) is 5.88. The molecule has 4 aliphatic rings. The monoisotopic (exact) mass is 577 g/mol. The van der Waals surface area contributed by atoms with Gasteiger partial charge in [0.15, 0.2) is 0 Å². The van der Waals surface area contributed by atoms with Gasteiger partial charge in [-0.1, -0.05) is 17.7 Å². The smallest absolute Gasteiger partial charge is 0.260 e. The molecule has 1 amide bonds. The van der Waals surface area contributed by atoms with Crippen molar-refractivity contribution in [1.82, 2.24) is 19.7 Å². The number of aromatic nitrogens is 2. The van der Waals surface area contributed by atoms with Crippen LogP contribution < -0.4 is 5.32 Å². The fourth-order valence-electron chi connectivity index (χ4n) is 5.55. The van der Waals surface area contributed by atoms with Crippen LogP contribution in [0.4, 0.5) is 5.82 Å². The molecule has 1 aromatic heterocycles. The summed E-state index contributed by atoms with van der Waals surface area (Å²) in [6, 6.07) is 10.9. The maximum absolute atomic E-state index is 13.5. The van der Waals surface area contributed by atoms with Crippen molar-refractivity contribution in [3.8, 4) is 5.69 Å². The average Bonchev–Trinajstić information content (AvgIpc) is 3.30. The van der Waals surface area contributed by atoms with Crippen LogP contribution in [0.5, 0.6) is 0 Å². The Hall–Kier alpha value is -3.08. The number of hydrogen-bond acceptors (Lipinski definition) is 7. The Kier molecular flexibility index (Phi) is 7.27. The molecule has 0 unspecified atom stereocenters. The first-order chi connectivity index (χ1) is 18.5. The van der Waals surface area contributed by atoms with Crippen LogP contribution in [0.1, 0.15) is 42.9 Å². The Bertz CT molecular complexity index is 1310. The van der Waals surface area contributed by atoms with E-state index >= 15 is 0 Å². The first kappa shape index (κ1) is 25.2. The van der Waals surface area contributed by atoms with E-state index in [9.17, 15) is 4.79 Å². The number of likely N-dealkylation sites (tertiary alicyclic amines) is 1. The molecule has 4 aliphatic heterocycles. The zero-order valence-electron chi connectivity index (χ0n) is 21.5. The Morgan fingerprint density at radius 3 is 2.61 bits per heavy atom. The highest BCUT2D eigenvalue weighted by Crippen LogP contribution is 2.32. The van der Waals surface area contributed by atoms with E-state index in [2.05, 4.69) is 55.3 Å². The van der Waals surface area contributed by atoms with Crippen LogP contribution in [0.2, 0.25) is 0 Å². The van der Waals surface area contributed by atoms with E-state index in [1.54, 1.807) is 17.4 Å². The number of anilines is 1. The number of nitrogens with zero attached hydrogens (tertiary/aromatic N) is 6. The zero-order chi connectivity index (χ0) is 26.1. The topological polar surface area (TPSA) is 87.4 Å². The van der Waals surface area contributed by atoms with Gasteiger partial charge in [-0.3, -0.25) is 14.8 Å². The summed E-state index contributed by atoms with van der Waals surface area (Å²) in [5.74, 6) is 0.768. The molecule has 6 rings (SSSR count). The fraction of sp³-hybridized carbons (Fsp3) is 0.429. The number of piperidine rings is 1. The summed E-state index contributed by atoms with van der Waals surface area (Å²) in [5.41, 5.74) is 4.24. The van der Waals surface area contributed by atoms with Gasteiger partial charge < -0.3 is 15.0 Å². The SMILES string of the molecule is Cc1ccc(-n2nc(C3CCN(C4CCOCC4)CC3)cc2NC(=O)C2=C3CN(C=C(Br)C=N3)N=C2)cc1. The summed E-state index contributed by atoms with van der Waals surface area (Å²) in [4.78, 5) is 20.6. The minimum atomic E-state index is -0.243. The van der Waals surface area contributed by atoms with Crippen molar-refractivity contribution >= 4 is 40.1 Å². The Balaban J connectivity index is 1.24. The number of ether oxygens (including phenoxy) is 1. The maximum atomic E-state index is 13.5. The number of aryl methyl sites for hydroxylation is 1. The summed E-state index contributed by atoms with van der Waals surface area (Å²) in [5, 5.41) is 14.3. The molecule has 0 saturated carbocycles. The predicted octanol–water partition coefficient (Wildman–Crippen LogP) is 4.35. The van der Waals surface area contributed by atoms with Crippen molar-refractivity contribution in [3.05, 3.63) is 63.5 Å². The van der Waals surface area contributed by atoms with E-state index in [1.165, 1.54) is 5.56 Å². The van der Waals surface area contributed by atoms with E-state index in [0.29, 0.717) is 35.6 Å². The van der Waals surface area contributed by atoms with Crippen molar-refractivity contribution in [2.45, 2.75) is 44.6 Å². The average molecular weight is 579 g/mol. The molecule has 0 radical (unpaired) electrons. The van der Waals surface area contributed by atoms with Crippen LogP contribution in [0, 0.1) is 6.92 Å². The second kappa shape index (κ2) is 11.0. The number of carbonyl (C=O) groups is 1. The van der Waals surface area contributed by atoms with Gasteiger partial charge in [0.05, 0.1) is 39.9 Å². The first-order valence-corrected chi connectivity index (χ1v) is 14.1. The number of halogens is 1. The first-order valence-electron chi connectivity index (χ1n) is 13.3. The quantitative estimate of drug-likeness (QED) is 0.570. The molecule has 5 heterocycles. The number of carbonyl (C=O) groups excluding carboxylic acids is 1. The summed E-state index contributed by atoms with van der Waals surface area (Å²) in [6.45, 7) is 6.38. The van der Waals surface area contributed by atoms with Gasteiger partial charge in [-0.05, 0) is 73.8 Å². The Morgan fingerprint density at radius 2 is 1.84 bits per heavy atom. The molecular weight excluding hydrogens is 546 g/mol. The molecule has 1 N–H and O–H groups in total. The van der Waals surface area contributed by atoms with Gasteiger partial charge in [0.2, 0.25) is 0 Å². The maximum Gasteiger partial charge on any atom is 0.260 e. The molecule has 2 fully saturated rings. The van der Waals surface area contributed by atoms with Crippen molar-refractivity contribution in [1.29, 1.82) is 0 Å². The number of rotatable bonds is 5. The number of amides is 1. The summed E-state index contributed by atoms with van der Waals surface area (Å²) >= 11 is 3.45. The molecule has 2 bridgehead atoms. The predicted molar refractivity (Wildman–Crippen MR) is 152 cm³/mol. The van der Waals surface area contributed by atoms with E-state index in [0.717, 1.165) is 67.9 Å². The highest BCUT2D eigenvalue weighted by Gasteiger charge is 2.29. The van der Waals surface area contributed by atoms with Crippen LogP contribution in [-0.2, 0) is 9.53 Å². The Morgan fingerprint density at radius 1 is 1.08 bits per heavy atom. The number of fused-ring (bicyclic) bond motifs is 2. The van der Waals surface area contributed by atoms with E-state index in [4.69, 9.17) is 9.84 Å². The molecule has 38 heavy (non-hydrogen) atoms. The van der Waals surface area contributed by atoms with Crippen LogP contribution in [-0.4, -0.2) is 76.9 Å². The number of allylic oxidation sites excluding steroid dienone is 1. The lowest BCUT2D eigenvalue weighted by molar-refractivity contribution is -0.112. The summed E-state index contributed by atoms with van der Waals surface area (Å²) in [7, 11) is 0. The molecule has 9 nitrogen and oxygen atoms in total. The summed E-state index contributed by atoms with van der Waals surface area (Å²) in [6.07, 6.45) is 9.48. The summed E-state index contributed by atoms with van der Waals surface area (Å²) < 4.78 is 8.21. The van der Waals surface area contributed by atoms with E-state index in [1.807, 2.05) is 29.1 Å². The lowest BCUT2D eigenvalue weighted by Gasteiger charge is -2.38. The van der Waals surface area contributed by atoms with Gasteiger partial charge in [-0.15, -0.1) is 0 Å². The van der Waals surface area contributed by atoms with Gasteiger partial charge in [0.1, 0.15) is 5.82 Å². The molecule has 10 heteroatoms. The lowest BCUT2D eigenvalue weighted by atomic mass is 9.91. The lowest BCUT2D eigenvalue weighted by Crippen LogP contribution is -2.43. The van der Waals surface area contributed by atoms with Crippen LogP contribution in [0.15, 0.2) is 62.4 Å². The second-order valence-electron chi connectivity index (χ2n) is 10.3. The minimum Gasteiger partial charge on any atom is -0.381 e. The zero-order valence-corrected chi connectivity index (χ0v) is 23.1. The molecule has 2 aromatic rings. The van der Waals surface area contributed by atoms with Gasteiger partial charge in [-0.25, -0.2) is 4.68 Å². The molecule has 2 saturated heterocycles. The Labute approximate surface area is 231 Å². The molecule has 198 valence electrons. The second-order valence-corrected chi connectivity index (χ2v) is 11.2. The molecule has 0 aliphatic carbocycles. The number of benzene rings is 1. The van der Waals surface area contributed by atoms with Crippen LogP contribution >= 0.6 is 15.9 Å². The largest absolute Gasteiger partial charge is 0.381 e. The molecule has 1 aromatic carbocycles. The van der Waals surface area contributed by atoms with Crippen LogP contribution in [0.3, 0.4) is 0 Å². The van der Waals surface area contributed by atoms with Gasteiger partial charge in [0.25, 0.3) is 5.91 Å². The van der Waals surface area contributed by atoms with Gasteiger partial charge >= 0.3 is 0 Å². The van der Waals surface area contributed by atoms with Crippen molar-refractivity contribution < 1.29 is 9.53 Å². The minimum absolute atomic E-state index is 0.243. The van der Waals surface area contributed by atoms with Gasteiger partial charge in [0, 0.05) is 43.7 Å². The third-order valence-corrected chi connectivity index (χ3v) is 8.13. The van der Waals surface area contributed by atoms with Crippen LogP contribution in [0.25, 0.3) is 5.69 Å². The third kappa shape index (κ3) is 5.39. The highest BCUT2D eigenvalue weighted by atomic mass is 79.9.